The van der Waals surface area contributed by atoms with Crippen LogP contribution in [-0.2, 0) is 41.8 Å². The highest BCUT2D eigenvalue weighted by atomic mass is 16.6. The zero-order valence-electron chi connectivity index (χ0n) is 29.7. The Morgan fingerprint density at radius 2 is 1.16 bits per heavy atom. The first kappa shape index (κ1) is 33.7. The maximum absolute atomic E-state index is 11.3. The fraction of sp³-hybridized carbons (Fsp3) is 0.348. The summed E-state index contributed by atoms with van der Waals surface area (Å²) in [6.07, 6.45) is 9.54. The SMILES string of the molecule is C[C@@H]1CC[C@@H]2OC12.O[C@H]1[C@H](N2c3ccccc3CCc3ccccc32)CC[C@H]1OCc1ccccc1.c1ccc2c(c1)CCc1ccccc1N2. The number of aliphatic hydroxyl groups excluding tert-OH is 1. The van der Waals surface area contributed by atoms with Gasteiger partial charge in [0.25, 0.3) is 0 Å². The molecule has 262 valence electrons. The van der Waals surface area contributed by atoms with Crippen LogP contribution >= 0.6 is 0 Å². The number of benzene rings is 5. The summed E-state index contributed by atoms with van der Waals surface area (Å²) in [4.78, 5) is 2.38. The van der Waals surface area contributed by atoms with Gasteiger partial charge < -0.3 is 24.8 Å². The molecule has 3 fully saturated rings. The van der Waals surface area contributed by atoms with E-state index in [2.05, 4.69) is 126 Å². The number of aryl methyl sites for hydroxylation is 4. The minimum absolute atomic E-state index is 0.0242. The standard InChI is InChI=1S/C26H27NO2.C14H13N.C6H10O/c28-26-24(16-17-25(26)29-18-19-8-2-1-3-9-19)27-22-12-6-4-10-20(22)14-15-21-11-5-7-13-23(21)27;1-3-7-13-11(5-1)9-10-12-6-2-4-8-14(12)15-13;1-4-2-3-5-6(4)7-5/h1-13,24-26,28H,14-18H2;1-8,15H,9-10H2;4-6H,2-3H2,1H3/t24-,25-,26+;;4-,5+,6?/m1.1/s1. The molecule has 5 nitrogen and oxygen atoms in total. The van der Waals surface area contributed by atoms with Crippen molar-refractivity contribution >= 4 is 22.7 Å². The molecule has 3 heterocycles. The molecular formula is C46H50N2O3. The highest BCUT2D eigenvalue weighted by molar-refractivity contribution is 5.72. The van der Waals surface area contributed by atoms with Gasteiger partial charge in [0.05, 0.1) is 31.0 Å². The number of anilines is 4. The average Bonchev–Trinajstić information content (AvgIpc) is 3.85. The normalized spacial score (nSPS) is 25.0. The smallest absolute Gasteiger partial charge is 0.101 e. The van der Waals surface area contributed by atoms with Crippen LogP contribution in [0.5, 0.6) is 0 Å². The fourth-order valence-electron chi connectivity index (χ4n) is 8.45. The molecule has 10 rings (SSSR count). The lowest BCUT2D eigenvalue weighted by Gasteiger charge is -2.35. The zero-order valence-corrected chi connectivity index (χ0v) is 29.7. The van der Waals surface area contributed by atoms with Gasteiger partial charge in [-0.05, 0) is 109 Å². The van der Waals surface area contributed by atoms with Crippen LogP contribution < -0.4 is 10.2 Å². The second-order valence-electron chi connectivity index (χ2n) is 14.7. The highest BCUT2D eigenvalue weighted by Gasteiger charge is 2.47. The Morgan fingerprint density at radius 1 is 0.627 bits per heavy atom. The van der Waals surface area contributed by atoms with Crippen LogP contribution in [0.25, 0.3) is 0 Å². The van der Waals surface area contributed by atoms with E-state index in [-0.39, 0.29) is 12.1 Å². The number of nitrogens with one attached hydrogen (secondary N) is 1. The van der Waals surface area contributed by atoms with Crippen molar-refractivity contribution in [2.45, 2.75) is 95.4 Å². The Kier molecular flexibility index (Phi) is 10.2. The first-order valence-electron chi connectivity index (χ1n) is 19.0. The van der Waals surface area contributed by atoms with Gasteiger partial charge in [0.2, 0.25) is 0 Å². The summed E-state index contributed by atoms with van der Waals surface area (Å²) in [5, 5.41) is 14.8. The minimum atomic E-state index is -0.516. The lowest BCUT2D eigenvalue weighted by molar-refractivity contribution is -0.0312. The second kappa shape index (κ2) is 15.4. The van der Waals surface area contributed by atoms with Crippen LogP contribution in [0.2, 0.25) is 0 Å². The maximum Gasteiger partial charge on any atom is 0.101 e. The van der Waals surface area contributed by atoms with Gasteiger partial charge in [0.15, 0.2) is 0 Å². The zero-order chi connectivity index (χ0) is 34.6. The minimum Gasteiger partial charge on any atom is -0.388 e. The van der Waals surface area contributed by atoms with Crippen LogP contribution in [0.3, 0.4) is 0 Å². The van der Waals surface area contributed by atoms with Gasteiger partial charge in [-0.2, -0.15) is 0 Å². The van der Waals surface area contributed by atoms with Gasteiger partial charge in [-0.3, -0.25) is 0 Å². The summed E-state index contributed by atoms with van der Waals surface area (Å²) in [6.45, 7) is 2.82. The van der Waals surface area contributed by atoms with Crippen molar-refractivity contribution in [3.05, 3.63) is 155 Å². The first-order valence-corrected chi connectivity index (χ1v) is 19.0. The number of nitrogens with zero attached hydrogens (tertiary/aromatic N) is 1. The van der Waals surface area contributed by atoms with Crippen LogP contribution in [0, 0.1) is 5.92 Å². The molecule has 51 heavy (non-hydrogen) atoms. The Balaban J connectivity index is 0.000000139. The molecule has 5 aliphatic rings. The predicted octanol–water partition coefficient (Wildman–Crippen LogP) is 9.74. The van der Waals surface area contributed by atoms with Crippen LogP contribution in [0.1, 0.15) is 60.4 Å². The van der Waals surface area contributed by atoms with E-state index in [1.54, 1.807) is 0 Å². The van der Waals surface area contributed by atoms with E-state index in [1.807, 2.05) is 18.2 Å². The van der Waals surface area contributed by atoms with Crippen molar-refractivity contribution < 1.29 is 14.6 Å². The van der Waals surface area contributed by atoms with Gasteiger partial charge >= 0.3 is 0 Å². The van der Waals surface area contributed by atoms with E-state index in [0.717, 1.165) is 50.0 Å². The molecule has 5 heteroatoms. The lowest BCUT2D eigenvalue weighted by atomic mass is 10.0. The van der Waals surface area contributed by atoms with E-state index in [0.29, 0.717) is 18.8 Å². The molecule has 0 spiro atoms. The van der Waals surface area contributed by atoms with Gasteiger partial charge in [0, 0.05) is 22.7 Å². The Hall–Kier alpha value is -4.42. The van der Waals surface area contributed by atoms with Crippen molar-refractivity contribution in [2.75, 3.05) is 10.2 Å². The molecule has 2 aliphatic carbocycles. The molecule has 1 saturated heterocycles. The third-order valence-corrected chi connectivity index (χ3v) is 11.4. The molecule has 3 aliphatic heterocycles. The first-order chi connectivity index (χ1) is 25.1. The third kappa shape index (κ3) is 7.62. The van der Waals surface area contributed by atoms with Crippen molar-refractivity contribution in [1.82, 2.24) is 0 Å². The molecule has 5 aromatic rings. The lowest BCUT2D eigenvalue weighted by Crippen LogP contribution is -2.42. The van der Waals surface area contributed by atoms with Crippen LogP contribution in [0.15, 0.2) is 127 Å². The summed E-state index contributed by atoms with van der Waals surface area (Å²) in [6, 6.07) is 44.6. The van der Waals surface area contributed by atoms with E-state index in [1.165, 1.54) is 57.8 Å². The molecule has 2 saturated carbocycles. The number of rotatable bonds is 4. The molecule has 5 aromatic carbocycles. The van der Waals surface area contributed by atoms with E-state index in [4.69, 9.17) is 9.47 Å². The van der Waals surface area contributed by atoms with E-state index < -0.39 is 6.10 Å². The van der Waals surface area contributed by atoms with Crippen molar-refractivity contribution in [3.8, 4) is 0 Å². The van der Waals surface area contributed by atoms with Gasteiger partial charge in [-0.1, -0.05) is 110 Å². The number of hydrogen-bond acceptors (Lipinski definition) is 5. The number of fused-ring (bicyclic) bond motifs is 5. The van der Waals surface area contributed by atoms with E-state index in [9.17, 15) is 5.11 Å². The van der Waals surface area contributed by atoms with Crippen molar-refractivity contribution in [3.63, 3.8) is 0 Å². The van der Waals surface area contributed by atoms with Crippen molar-refractivity contribution in [2.24, 2.45) is 5.92 Å². The number of ether oxygens (including phenoxy) is 2. The summed E-state index contributed by atoms with van der Waals surface area (Å²) >= 11 is 0. The average molecular weight is 679 g/mol. The molecule has 0 amide bonds. The monoisotopic (exact) mass is 678 g/mol. The van der Waals surface area contributed by atoms with Gasteiger partial charge in [-0.15, -0.1) is 0 Å². The molecule has 1 unspecified atom stereocenters. The molecule has 0 aromatic heterocycles. The van der Waals surface area contributed by atoms with E-state index >= 15 is 0 Å². The van der Waals surface area contributed by atoms with Crippen molar-refractivity contribution in [1.29, 1.82) is 0 Å². The highest BCUT2D eigenvalue weighted by Crippen LogP contribution is 2.43. The molecule has 0 radical (unpaired) electrons. The number of epoxide rings is 1. The number of aliphatic hydroxyl groups is 1. The fourth-order valence-corrected chi connectivity index (χ4v) is 8.45. The molecule has 2 N–H and O–H groups in total. The molecular weight excluding hydrogens is 629 g/mol. The number of hydrogen-bond donors (Lipinski definition) is 2. The number of para-hydroxylation sites is 4. The summed E-state index contributed by atoms with van der Waals surface area (Å²) in [7, 11) is 0. The summed E-state index contributed by atoms with van der Waals surface area (Å²) in [5.74, 6) is 0.866. The predicted molar refractivity (Wildman–Crippen MR) is 207 cm³/mol. The molecule has 6 atom stereocenters. The topological polar surface area (TPSA) is 57.3 Å². The summed E-state index contributed by atoms with van der Waals surface area (Å²) < 4.78 is 11.4. The molecule has 0 bridgehead atoms. The quantitative estimate of drug-likeness (QED) is 0.186. The third-order valence-electron chi connectivity index (χ3n) is 11.4. The summed E-state index contributed by atoms with van der Waals surface area (Å²) in [5.41, 5.74) is 11.6. The maximum atomic E-state index is 11.3. The van der Waals surface area contributed by atoms with Crippen LogP contribution in [0.4, 0.5) is 22.7 Å². The van der Waals surface area contributed by atoms with Crippen LogP contribution in [-0.4, -0.2) is 35.6 Å². The second-order valence-corrected chi connectivity index (χ2v) is 14.7. The Labute approximate surface area is 303 Å². The van der Waals surface area contributed by atoms with Gasteiger partial charge in [0.1, 0.15) is 6.10 Å². The largest absolute Gasteiger partial charge is 0.388 e. The Bertz CT molecular complexity index is 1820. The van der Waals surface area contributed by atoms with Gasteiger partial charge in [-0.25, -0.2) is 0 Å². The Morgan fingerprint density at radius 3 is 1.69 bits per heavy atom.